The number of aryl methyl sites for hydroxylation is 2. The zero-order valence-corrected chi connectivity index (χ0v) is 20.6. The van der Waals surface area contributed by atoms with Crippen molar-refractivity contribution in [1.29, 1.82) is 0 Å². The minimum atomic E-state index is -3.89. The standard InChI is InChI=1S/C27H32N2O4S/c1-3-22-12-16-24(17-13-22)29(34(31,32)26-10-6-5-7-11-26)21-27(30)28-20-8-9-23-14-18-25(19-15-23)33-4-2/h5-7,10-19H,3-4,8-9,20-21H2,1-2H3,(H,28,30). The lowest BCUT2D eigenvalue weighted by atomic mass is 10.1. The van der Waals surface area contributed by atoms with Crippen LogP contribution < -0.4 is 14.4 Å². The molecule has 34 heavy (non-hydrogen) atoms. The van der Waals surface area contributed by atoms with Crippen LogP contribution in [0.5, 0.6) is 5.75 Å². The van der Waals surface area contributed by atoms with Crippen LogP contribution in [0.2, 0.25) is 0 Å². The first-order valence-electron chi connectivity index (χ1n) is 11.6. The number of benzene rings is 3. The van der Waals surface area contributed by atoms with Crippen molar-refractivity contribution in [3.8, 4) is 5.75 Å². The summed E-state index contributed by atoms with van der Waals surface area (Å²) in [5.41, 5.74) is 2.71. The summed E-state index contributed by atoms with van der Waals surface area (Å²) in [6.45, 7) is 4.79. The highest BCUT2D eigenvalue weighted by atomic mass is 32.2. The van der Waals surface area contributed by atoms with Crippen molar-refractivity contribution < 1.29 is 17.9 Å². The van der Waals surface area contributed by atoms with Crippen LogP contribution in [0.3, 0.4) is 0 Å². The molecule has 0 saturated heterocycles. The van der Waals surface area contributed by atoms with E-state index in [1.165, 1.54) is 16.4 Å². The van der Waals surface area contributed by atoms with E-state index in [0.717, 1.165) is 36.1 Å². The molecule has 7 heteroatoms. The highest BCUT2D eigenvalue weighted by molar-refractivity contribution is 7.92. The van der Waals surface area contributed by atoms with E-state index in [-0.39, 0.29) is 17.3 Å². The van der Waals surface area contributed by atoms with Crippen molar-refractivity contribution in [2.75, 3.05) is 24.0 Å². The number of amides is 1. The number of carbonyl (C=O) groups excluding carboxylic acids is 1. The number of nitrogens with zero attached hydrogens (tertiary/aromatic N) is 1. The highest BCUT2D eigenvalue weighted by Crippen LogP contribution is 2.24. The number of anilines is 1. The van der Waals surface area contributed by atoms with E-state index in [0.29, 0.717) is 18.8 Å². The van der Waals surface area contributed by atoms with Crippen molar-refractivity contribution in [1.82, 2.24) is 5.32 Å². The number of rotatable bonds is 12. The van der Waals surface area contributed by atoms with Gasteiger partial charge in [0.25, 0.3) is 10.0 Å². The first kappa shape index (κ1) is 25.3. The molecule has 0 saturated carbocycles. The Morgan fingerprint density at radius 1 is 0.882 bits per heavy atom. The minimum absolute atomic E-state index is 0.151. The molecular formula is C27H32N2O4S. The van der Waals surface area contributed by atoms with Gasteiger partial charge in [0.1, 0.15) is 12.3 Å². The number of sulfonamides is 1. The molecule has 1 amide bonds. The molecule has 0 aromatic heterocycles. The zero-order valence-electron chi connectivity index (χ0n) is 19.7. The molecule has 180 valence electrons. The van der Waals surface area contributed by atoms with Gasteiger partial charge < -0.3 is 10.1 Å². The van der Waals surface area contributed by atoms with E-state index in [9.17, 15) is 13.2 Å². The Labute approximate surface area is 202 Å². The monoisotopic (exact) mass is 480 g/mol. The van der Waals surface area contributed by atoms with Gasteiger partial charge in [-0.25, -0.2) is 8.42 Å². The Morgan fingerprint density at radius 2 is 1.53 bits per heavy atom. The van der Waals surface area contributed by atoms with Crippen LogP contribution >= 0.6 is 0 Å². The Balaban J connectivity index is 1.64. The second-order valence-corrected chi connectivity index (χ2v) is 9.74. The summed E-state index contributed by atoms with van der Waals surface area (Å²) in [7, 11) is -3.89. The third-order valence-corrected chi connectivity index (χ3v) is 7.24. The minimum Gasteiger partial charge on any atom is -0.494 e. The van der Waals surface area contributed by atoms with Crippen molar-refractivity contribution in [3.05, 3.63) is 90.0 Å². The van der Waals surface area contributed by atoms with Crippen molar-refractivity contribution in [3.63, 3.8) is 0 Å². The maximum atomic E-state index is 13.3. The van der Waals surface area contributed by atoms with E-state index in [2.05, 4.69) is 5.32 Å². The van der Waals surface area contributed by atoms with Crippen LogP contribution in [0, 0.1) is 0 Å². The molecule has 3 rings (SSSR count). The quantitative estimate of drug-likeness (QED) is 0.385. The fourth-order valence-electron chi connectivity index (χ4n) is 3.56. The molecule has 3 aromatic rings. The van der Waals surface area contributed by atoms with Gasteiger partial charge in [-0.05, 0) is 73.7 Å². The Hall–Kier alpha value is -3.32. The van der Waals surface area contributed by atoms with Crippen molar-refractivity contribution >= 4 is 21.6 Å². The van der Waals surface area contributed by atoms with Crippen LogP contribution in [0.25, 0.3) is 0 Å². The maximum Gasteiger partial charge on any atom is 0.264 e. The fourth-order valence-corrected chi connectivity index (χ4v) is 5.00. The molecule has 0 fully saturated rings. The predicted octanol–water partition coefficient (Wildman–Crippen LogP) is 4.59. The molecular weight excluding hydrogens is 448 g/mol. The normalized spacial score (nSPS) is 11.1. The number of carbonyl (C=O) groups is 1. The Kier molecular flexibility index (Phi) is 9.10. The number of nitrogens with one attached hydrogen (secondary N) is 1. The van der Waals surface area contributed by atoms with E-state index in [4.69, 9.17) is 4.74 Å². The molecule has 1 N–H and O–H groups in total. The smallest absolute Gasteiger partial charge is 0.264 e. The van der Waals surface area contributed by atoms with Crippen LogP contribution in [0.1, 0.15) is 31.4 Å². The van der Waals surface area contributed by atoms with Gasteiger partial charge in [0.15, 0.2) is 0 Å². The molecule has 0 aliphatic carbocycles. The van der Waals surface area contributed by atoms with Crippen LogP contribution in [0.15, 0.2) is 83.8 Å². The molecule has 0 bridgehead atoms. The lowest BCUT2D eigenvalue weighted by molar-refractivity contribution is -0.119. The lowest BCUT2D eigenvalue weighted by Gasteiger charge is -2.24. The summed E-state index contributed by atoms with van der Waals surface area (Å²) >= 11 is 0. The molecule has 0 heterocycles. The van der Waals surface area contributed by atoms with Gasteiger partial charge in [-0.15, -0.1) is 0 Å². The summed E-state index contributed by atoms with van der Waals surface area (Å²) in [5, 5.41) is 2.86. The van der Waals surface area contributed by atoms with E-state index >= 15 is 0 Å². The molecule has 0 radical (unpaired) electrons. The molecule has 0 aliphatic rings. The maximum absolute atomic E-state index is 13.3. The predicted molar refractivity (Wildman–Crippen MR) is 136 cm³/mol. The second-order valence-electron chi connectivity index (χ2n) is 7.88. The highest BCUT2D eigenvalue weighted by Gasteiger charge is 2.27. The zero-order chi connectivity index (χ0) is 24.4. The Bertz CT molecular complexity index is 1150. The topological polar surface area (TPSA) is 75.7 Å². The number of hydrogen-bond acceptors (Lipinski definition) is 4. The van der Waals surface area contributed by atoms with Crippen LogP contribution in [0.4, 0.5) is 5.69 Å². The first-order valence-corrected chi connectivity index (χ1v) is 13.0. The third-order valence-electron chi connectivity index (χ3n) is 5.45. The molecule has 6 nitrogen and oxygen atoms in total. The SMILES string of the molecule is CCOc1ccc(CCCNC(=O)CN(c2ccc(CC)cc2)S(=O)(=O)c2ccccc2)cc1. The summed E-state index contributed by atoms with van der Waals surface area (Å²) in [6, 6.07) is 23.4. The molecule has 0 atom stereocenters. The number of ether oxygens (including phenoxy) is 1. The average Bonchev–Trinajstić information content (AvgIpc) is 2.87. The molecule has 0 unspecified atom stereocenters. The van der Waals surface area contributed by atoms with E-state index in [1.54, 1.807) is 30.3 Å². The van der Waals surface area contributed by atoms with E-state index in [1.807, 2.05) is 50.2 Å². The summed E-state index contributed by atoms with van der Waals surface area (Å²) in [6.07, 6.45) is 2.40. The summed E-state index contributed by atoms with van der Waals surface area (Å²) < 4.78 is 33.3. The molecule has 0 aliphatic heterocycles. The van der Waals surface area contributed by atoms with Gasteiger partial charge in [-0.3, -0.25) is 9.10 Å². The van der Waals surface area contributed by atoms with Gasteiger partial charge in [-0.1, -0.05) is 49.4 Å². The Morgan fingerprint density at radius 3 is 2.15 bits per heavy atom. The van der Waals surface area contributed by atoms with Crippen LogP contribution in [-0.4, -0.2) is 34.0 Å². The van der Waals surface area contributed by atoms with Gasteiger partial charge in [0, 0.05) is 6.54 Å². The van der Waals surface area contributed by atoms with Crippen LogP contribution in [-0.2, 0) is 27.7 Å². The average molecular weight is 481 g/mol. The van der Waals surface area contributed by atoms with Gasteiger partial charge in [-0.2, -0.15) is 0 Å². The molecule has 3 aromatic carbocycles. The third kappa shape index (κ3) is 6.84. The second kappa shape index (κ2) is 12.2. The summed E-state index contributed by atoms with van der Waals surface area (Å²) in [4.78, 5) is 12.9. The lowest BCUT2D eigenvalue weighted by Crippen LogP contribution is -2.41. The molecule has 0 spiro atoms. The van der Waals surface area contributed by atoms with Crippen molar-refractivity contribution in [2.24, 2.45) is 0 Å². The number of hydrogen-bond donors (Lipinski definition) is 1. The largest absolute Gasteiger partial charge is 0.494 e. The van der Waals surface area contributed by atoms with Gasteiger partial charge in [0.05, 0.1) is 17.2 Å². The van der Waals surface area contributed by atoms with E-state index < -0.39 is 10.0 Å². The van der Waals surface area contributed by atoms with Gasteiger partial charge >= 0.3 is 0 Å². The fraction of sp³-hybridized carbons (Fsp3) is 0.296. The first-order chi connectivity index (χ1) is 16.4. The van der Waals surface area contributed by atoms with Crippen molar-refractivity contribution in [2.45, 2.75) is 38.0 Å². The summed E-state index contributed by atoms with van der Waals surface area (Å²) in [5.74, 6) is 0.497. The van der Waals surface area contributed by atoms with Gasteiger partial charge in [0.2, 0.25) is 5.91 Å².